The molecule has 0 saturated heterocycles. The molecule has 0 heterocycles. The number of nitrogens with one attached hydrogen (secondary N) is 1. The Kier molecular flexibility index (Phi) is 4.25. The van der Waals surface area contributed by atoms with Crippen LogP contribution in [0, 0.1) is 6.92 Å². The van der Waals surface area contributed by atoms with Gasteiger partial charge in [-0.15, -0.1) is 0 Å². The van der Waals surface area contributed by atoms with E-state index in [0.717, 1.165) is 12.1 Å². The summed E-state index contributed by atoms with van der Waals surface area (Å²) < 4.78 is 38.2. The number of anilines is 3. The molecular weight excluding hydrogens is 324 g/mol. The fourth-order valence-electron chi connectivity index (χ4n) is 1.75. The maximum Gasteiger partial charge on any atom is 0.416 e. The molecule has 0 fully saturated rings. The number of hydrogen-bond donors (Lipinski definition) is 2. The quantitative estimate of drug-likeness (QED) is 0.696. The summed E-state index contributed by atoms with van der Waals surface area (Å²) in [5.41, 5.74) is 6.68. The molecule has 0 unspecified atom stereocenters. The second-order valence-corrected chi connectivity index (χ2v) is 5.32. The summed E-state index contributed by atoms with van der Waals surface area (Å²) in [6.07, 6.45) is -4.41. The second kappa shape index (κ2) is 5.66. The van der Waals surface area contributed by atoms with Gasteiger partial charge in [-0.2, -0.15) is 13.2 Å². The molecule has 0 aliphatic rings. The van der Waals surface area contributed by atoms with Crippen LogP contribution in [0.3, 0.4) is 0 Å². The fourth-order valence-corrected chi connectivity index (χ4v) is 2.08. The van der Waals surface area contributed by atoms with Crippen LogP contribution in [0.4, 0.5) is 30.2 Å². The highest BCUT2D eigenvalue weighted by atomic mass is 35.5. The topological polar surface area (TPSA) is 38.0 Å². The third-order valence-corrected chi connectivity index (χ3v) is 3.65. The molecule has 0 radical (unpaired) electrons. The van der Waals surface area contributed by atoms with Gasteiger partial charge in [0.15, 0.2) is 0 Å². The Labute approximate surface area is 129 Å². The van der Waals surface area contributed by atoms with Crippen molar-refractivity contribution in [3.05, 3.63) is 51.5 Å². The molecule has 0 atom stereocenters. The summed E-state index contributed by atoms with van der Waals surface area (Å²) in [6.45, 7) is 1.69. The first kappa shape index (κ1) is 15.8. The largest absolute Gasteiger partial charge is 0.416 e. The van der Waals surface area contributed by atoms with Crippen LogP contribution in [0.5, 0.6) is 0 Å². The Morgan fingerprint density at radius 1 is 1.00 bits per heavy atom. The number of halogens is 5. The van der Waals surface area contributed by atoms with Crippen LogP contribution in [0.15, 0.2) is 30.3 Å². The standard InChI is InChI=1S/C14H11Cl2F3N2/c1-7-2-3-8(14(17,18)19)4-12(7)21-13-6-10(16)9(15)5-11(13)20/h2-6,21H,20H2,1H3. The SMILES string of the molecule is Cc1ccc(C(F)(F)F)cc1Nc1cc(Cl)c(Cl)cc1N. The fraction of sp³-hybridized carbons (Fsp3) is 0.143. The molecule has 112 valence electrons. The molecule has 2 aromatic carbocycles. The van der Waals surface area contributed by atoms with E-state index in [-0.39, 0.29) is 10.0 Å². The van der Waals surface area contributed by atoms with Gasteiger partial charge in [0, 0.05) is 5.69 Å². The van der Waals surface area contributed by atoms with Gasteiger partial charge in [0.1, 0.15) is 0 Å². The summed E-state index contributed by atoms with van der Waals surface area (Å²) in [7, 11) is 0. The smallest absolute Gasteiger partial charge is 0.397 e. The molecule has 0 amide bonds. The molecular formula is C14H11Cl2F3N2. The average molecular weight is 335 g/mol. The van der Waals surface area contributed by atoms with E-state index in [2.05, 4.69) is 5.32 Å². The molecule has 2 rings (SSSR count). The summed E-state index contributed by atoms with van der Waals surface area (Å²) in [6, 6.07) is 6.35. The Morgan fingerprint density at radius 2 is 1.62 bits per heavy atom. The highest BCUT2D eigenvalue weighted by Gasteiger charge is 2.30. The Bertz CT molecular complexity index is 685. The van der Waals surface area contributed by atoms with Gasteiger partial charge in [-0.05, 0) is 36.8 Å². The maximum atomic E-state index is 12.7. The lowest BCUT2D eigenvalue weighted by molar-refractivity contribution is -0.137. The van der Waals surface area contributed by atoms with E-state index in [0.29, 0.717) is 22.6 Å². The van der Waals surface area contributed by atoms with Gasteiger partial charge < -0.3 is 11.1 Å². The second-order valence-electron chi connectivity index (χ2n) is 4.51. The Morgan fingerprint density at radius 3 is 2.24 bits per heavy atom. The van der Waals surface area contributed by atoms with Gasteiger partial charge in [-0.25, -0.2) is 0 Å². The van der Waals surface area contributed by atoms with Gasteiger partial charge in [0.2, 0.25) is 0 Å². The third-order valence-electron chi connectivity index (χ3n) is 2.93. The first-order chi connectivity index (χ1) is 9.68. The molecule has 0 aliphatic carbocycles. The van der Waals surface area contributed by atoms with Crippen molar-refractivity contribution in [2.45, 2.75) is 13.1 Å². The van der Waals surface area contributed by atoms with Gasteiger partial charge in [-0.3, -0.25) is 0 Å². The first-order valence-electron chi connectivity index (χ1n) is 5.88. The molecule has 3 N–H and O–H groups in total. The van der Waals surface area contributed by atoms with Crippen molar-refractivity contribution in [3.63, 3.8) is 0 Å². The maximum absolute atomic E-state index is 12.7. The minimum absolute atomic E-state index is 0.262. The normalized spacial score (nSPS) is 11.5. The van der Waals surface area contributed by atoms with E-state index >= 15 is 0 Å². The lowest BCUT2D eigenvalue weighted by atomic mass is 10.1. The highest BCUT2D eigenvalue weighted by molar-refractivity contribution is 6.42. The van der Waals surface area contributed by atoms with Gasteiger partial charge in [0.05, 0.1) is 27.0 Å². The number of rotatable bonds is 2. The lowest BCUT2D eigenvalue weighted by Crippen LogP contribution is -2.06. The van der Waals surface area contributed by atoms with Crippen LogP contribution in [0.2, 0.25) is 10.0 Å². The number of aryl methyl sites for hydroxylation is 1. The number of benzene rings is 2. The monoisotopic (exact) mass is 334 g/mol. The average Bonchev–Trinajstić information content (AvgIpc) is 2.37. The number of alkyl halides is 3. The predicted octanol–water partition coefficient (Wildman–Crippen LogP) is 5.65. The summed E-state index contributed by atoms with van der Waals surface area (Å²) >= 11 is 11.7. The van der Waals surface area contributed by atoms with Crippen molar-refractivity contribution in [1.82, 2.24) is 0 Å². The summed E-state index contributed by atoms with van der Waals surface area (Å²) in [5, 5.41) is 3.39. The Hall–Kier alpha value is -1.59. The minimum Gasteiger partial charge on any atom is -0.397 e. The van der Waals surface area contributed by atoms with Crippen LogP contribution in [-0.2, 0) is 6.18 Å². The molecule has 2 aromatic rings. The van der Waals surface area contributed by atoms with Gasteiger partial charge in [-0.1, -0.05) is 29.3 Å². The van der Waals surface area contributed by atoms with E-state index in [1.807, 2.05) is 0 Å². The van der Waals surface area contributed by atoms with Crippen LogP contribution in [0.25, 0.3) is 0 Å². The molecule has 0 saturated carbocycles. The molecule has 0 spiro atoms. The van der Waals surface area contributed by atoms with E-state index in [1.54, 1.807) is 6.92 Å². The minimum atomic E-state index is -4.41. The molecule has 0 aliphatic heterocycles. The lowest BCUT2D eigenvalue weighted by Gasteiger charge is -2.15. The molecule has 0 bridgehead atoms. The van der Waals surface area contributed by atoms with E-state index in [9.17, 15) is 13.2 Å². The van der Waals surface area contributed by atoms with Crippen LogP contribution in [0.1, 0.15) is 11.1 Å². The molecule has 2 nitrogen and oxygen atoms in total. The molecule has 21 heavy (non-hydrogen) atoms. The number of nitrogen functional groups attached to an aromatic ring is 1. The molecule has 0 aromatic heterocycles. The van der Waals surface area contributed by atoms with Crippen molar-refractivity contribution >= 4 is 40.3 Å². The van der Waals surface area contributed by atoms with Gasteiger partial charge in [0.25, 0.3) is 0 Å². The first-order valence-corrected chi connectivity index (χ1v) is 6.63. The highest BCUT2D eigenvalue weighted by Crippen LogP contribution is 2.36. The van der Waals surface area contributed by atoms with Crippen LogP contribution >= 0.6 is 23.2 Å². The zero-order valence-corrected chi connectivity index (χ0v) is 12.4. The van der Waals surface area contributed by atoms with Crippen molar-refractivity contribution in [3.8, 4) is 0 Å². The predicted molar refractivity (Wildman–Crippen MR) is 80.3 cm³/mol. The third kappa shape index (κ3) is 3.54. The van der Waals surface area contributed by atoms with E-state index in [4.69, 9.17) is 28.9 Å². The summed E-state index contributed by atoms with van der Waals surface area (Å²) in [5.74, 6) is 0. The number of nitrogens with two attached hydrogens (primary N) is 1. The number of hydrogen-bond acceptors (Lipinski definition) is 2. The van der Waals surface area contributed by atoms with Crippen LogP contribution in [-0.4, -0.2) is 0 Å². The van der Waals surface area contributed by atoms with E-state index in [1.165, 1.54) is 18.2 Å². The van der Waals surface area contributed by atoms with Crippen LogP contribution < -0.4 is 11.1 Å². The van der Waals surface area contributed by atoms with Crippen molar-refractivity contribution < 1.29 is 13.2 Å². The Balaban J connectivity index is 2.42. The van der Waals surface area contributed by atoms with Crippen molar-refractivity contribution in [2.24, 2.45) is 0 Å². The van der Waals surface area contributed by atoms with Gasteiger partial charge >= 0.3 is 6.18 Å². The van der Waals surface area contributed by atoms with E-state index < -0.39 is 11.7 Å². The molecule has 7 heteroatoms. The zero-order valence-electron chi connectivity index (χ0n) is 10.9. The van der Waals surface area contributed by atoms with Crippen molar-refractivity contribution in [1.29, 1.82) is 0 Å². The zero-order chi connectivity index (χ0) is 15.8. The summed E-state index contributed by atoms with van der Waals surface area (Å²) in [4.78, 5) is 0. The van der Waals surface area contributed by atoms with Crippen molar-refractivity contribution in [2.75, 3.05) is 11.1 Å².